The van der Waals surface area contributed by atoms with E-state index in [9.17, 15) is 13.9 Å². The van der Waals surface area contributed by atoms with E-state index in [1.165, 1.54) is 6.20 Å². The second kappa shape index (κ2) is 9.09. The Morgan fingerprint density at radius 2 is 1.85 bits per heavy atom. The van der Waals surface area contributed by atoms with Crippen LogP contribution in [-0.4, -0.2) is 42.5 Å². The topological polar surface area (TPSA) is 82.9 Å². The SMILES string of the molecule is O=C1c2cc(Br)ccc2C(OC2CCS(O)(O)C2)(c2ccc(Cl)cc2)N1Cc1ccc(Cl)cn1. The maximum absolute atomic E-state index is 13.8. The molecule has 10 heteroatoms. The number of ether oxygens (including phenoxy) is 1. The first-order valence-electron chi connectivity index (χ1n) is 10.6. The second-order valence-corrected chi connectivity index (χ2v) is 12.5. The van der Waals surface area contributed by atoms with E-state index in [4.69, 9.17) is 27.9 Å². The molecule has 6 nitrogen and oxygen atoms in total. The van der Waals surface area contributed by atoms with E-state index in [0.717, 1.165) is 4.47 Å². The first-order valence-corrected chi connectivity index (χ1v) is 14.0. The van der Waals surface area contributed by atoms with E-state index in [0.29, 0.717) is 38.9 Å². The lowest BCUT2D eigenvalue weighted by Crippen LogP contribution is -2.48. The molecule has 1 amide bonds. The molecule has 1 saturated heterocycles. The van der Waals surface area contributed by atoms with Crippen molar-refractivity contribution in [1.29, 1.82) is 0 Å². The molecule has 1 aromatic heterocycles. The normalized spacial score (nSPS) is 24.3. The number of carbonyl (C=O) groups is 1. The maximum atomic E-state index is 13.8. The molecule has 5 rings (SSSR count). The molecule has 0 spiro atoms. The third kappa shape index (κ3) is 4.37. The first kappa shape index (κ1) is 24.1. The molecule has 2 aliphatic heterocycles. The Morgan fingerprint density at radius 1 is 1.12 bits per heavy atom. The van der Waals surface area contributed by atoms with Crippen LogP contribution in [0.25, 0.3) is 0 Å². The highest BCUT2D eigenvalue weighted by Crippen LogP contribution is 2.52. The molecule has 178 valence electrons. The molecule has 2 N–H and O–H groups in total. The lowest BCUT2D eigenvalue weighted by atomic mass is 9.93. The average Bonchev–Trinajstić information content (AvgIpc) is 3.25. The fourth-order valence-corrected chi connectivity index (χ4v) is 6.80. The summed E-state index contributed by atoms with van der Waals surface area (Å²) in [4.78, 5) is 19.9. The van der Waals surface area contributed by atoms with Crippen LogP contribution in [0.1, 0.15) is 33.6 Å². The van der Waals surface area contributed by atoms with Crippen molar-refractivity contribution in [2.24, 2.45) is 0 Å². The Balaban J connectivity index is 1.69. The minimum absolute atomic E-state index is 0.120. The Hall–Kier alpha value is -1.65. The largest absolute Gasteiger partial charge is 0.342 e. The van der Waals surface area contributed by atoms with Gasteiger partial charge in [0.05, 0.1) is 29.1 Å². The van der Waals surface area contributed by atoms with Crippen LogP contribution in [0.3, 0.4) is 0 Å². The van der Waals surface area contributed by atoms with Gasteiger partial charge < -0.3 is 4.74 Å². The van der Waals surface area contributed by atoms with Gasteiger partial charge in [-0.05, 0) is 42.8 Å². The van der Waals surface area contributed by atoms with E-state index in [-0.39, 0.29) is 24.0 Å². The van der Waals surface area contributed by atoms with Gasteiger partial charge in [0.25, 0.3) is 5.91 Å². The van der Waals surface area contributed by atoms with Crippen molar-refractivity contribution < 1.29 is 18.6 Å². The molecule has 34 heavy (non-hydrogen) atoms. The number of rotatable bonds is 5. The Labute approximate surface area is 217 Å². The van der Waals surface area contributed by atoms with Gasteiger partial charge in [0.2, 0.25) is 0 Å². The fraction of sp³-hybridized carbons (Fsp3) is 0.250. The minimum atomic E-state index is -2.72. The van der Waals surface area contributed by atoms with Crippen LogP contribution in [0.15, 0.2) is 65.3 Å². The first-order chi connectivity index (χ1) is 16.2. The monoisotopic (exact) mass is 582 g/mol. The summed E-state index contributed by atoms with van der Waals surface area (Å²) < 4.78 is 28.1. The van der Waals surface area contributed by atoms with Gasteiger partial charge in [-0.2, -0.15) is 10.6 Å². The van der Waals surface area contributed by atoms with Gasteiger partial charge in [0.15, 0.2) is 5.72 Å². The van der Waals surface area contributed by atoms with Gasteiger partial charge in [-0.25, -0.2) is 0 Å². The van der Waals surface area contributed by atoms with Crippen molar-refractivity contribution in [3.8, 4) is 0 Å². The molecule has 2 aliphatic rings. The van der Waals surface area contributed by atoms with Gasteiger partial charge in [0, 0.05) is 38.1 Å². The molecule has 2 atom stereocenters. The quantitative estimate of drug-likeness (QED) is 0.356. The van der Waals surface area contributed by atoms with Gasteiger partial charge in [-0.3, -0.25) is 23.8 Å². The molecular formula is C24H21BrCl2N2O4S. The van der Waals surface area contributed by atoms with Crippen LogP contribution in [0.2, 0.25) is 10.0 Å². The number of fused-ring (bicyclic) bond motifs is 1. The van der Waals surface area contributed by atoms with Gasteiger partial charge in [-0.15, -0.1) is 0 Å². The number of hydrogen-bond donors (Lipinski definition) is 2. The number of halogens is 3. The Bertz CT molecular complexity index is 1240. The summed E-state index contributed by atoms with van der Waals surface area (Å²) in [5.74, 6) is 0.177. The molecule has 2 unspecified atom stereocenters. The number of nitrogens with zero attached hydrogens (tertiary/aromatic N) is 2. The van der Waals surface area contributed by atoms with Crippen molar-refractivity contribution >= 4 is 55.6 Å². The standard InChI is InChI=1S/C24H21BrCl2N2O4S/c25-16-3-8-22-21(11-16)23(30)29(13-19-7-6-18(27)12-28-19)24(22,15-1-4-17(26)5-2-15)33-20-9-10-34(31,32)14-20/h1-8,11-12,20,31-32H,9-10,13-14H2. The van der Waals surface area contributed by atoms with Crippen LogP contribution in [0.5, 0.6) is 0 Å². The molecule has 1 fully saturated rings. The van der Waals surface area contributed by atoms with E-state index in [1.54, 1.807) is 35.2 Å². The van der Waals surface area contributed by atoms with Gasteiger partial charge >= 0.3 is 0 Å². The van der Waals surface area contributed by atoms with Crippen molar-refractivity contribution in [2.75, 3.05) is 11.5 Å². The van der Waals surface area contributed by atoms with Gasteiger partial charge in [-0.1, -0.05) is 57.3 Å². The lowest BCUT2D eigenvalue weighted by molar-refractivity contribution is -0.140. The Morgan fingerprint density at radius 3 is 2.50 bits per heavy atom. The number of aromatic nitrogens is 1. The zero-order valence-corrected chi connectivity index (χ0v) is 21.7. The number of amides is 1. The van der Waals surface area contributed by atoms with Crippen LogP contribution in [-0.2, 0) is 17.0 Å². The smallest absolute Gasteiger partial charge is 0.257 e. The predicted molar refractivity (Wildman–Crippen MR) is 138 cm³/mol. The summed E-state index contributed by atoms with van der Waals surface area (Å²) >= 11 is 15.7. The summed E-state index contributed by atoms with van der Waals surface area (Å²) in [7, 11) is -2.72. The zero-order chi connectivity index (χ0) is 24.1. The lowest BCUT2D eigenvalue weighted by Gasteiger charge is -2.41. The number of carbonyl (C=O) groups excluding carboxylic acids is 1. The zero-order valence-electron chi connectivity index (χ0n) is 17.8. The van der Waals surface area contributed by atoms with Gasteiger partial charge in [0.1, 0.15) is 0 Å². The highest BCUT2D eigenvalue weighted by molar-refractivity contribution is 9.10. The highest BCUT2D eigenvalue weighted by Gasteiger charge is 2.54. The minimum Gasteiger partial charge on any atom is -0.342 e. The average molecular weight is 584 g/mol. The summed E-state index contributed by atoms with van der Waals surface area (Å²) in [6, 6.07) is 16.2. The fourth-order valence-electron chi connectivity index (χ4n) is 4.57. The Kier molecular flexibility index (Phi) is 6.44. The van der Waals surface area contributed by atoms with Crippen molar-refractivity contribution in [2.45, 2.75) is 24.8 Å². The molecule has 3 heterocycles. The number of pyridine rings is 1. The molecule has 0 saturated carbocycles. The van der Waals surface area contributed by atoms with E-state index >= 15 is 0 Å². The van der Waals surface area contributed by atoms with Crippen molar-refractivity contribution in [1.82, 2.24) is 9.88 Å². The van der Waals surface area contributed by atoms with E-state index in [1.807, 2.05) is 24.3 Å². The molecule has 0 aliphatic carbocycles. The second-order valence-electron chi connectivity index (χ2n) is 8.40. The summed E-state index contributed by atoms with van der Waals surface area (Å²) in [5.41, 5.74) is 1.23. The molecule has 0 bridgehead atoms. The third-order valence-electron chi connectivity index (χ3n) is 6.10. The van der Waals surface area contributed by atoms with Crippen molar-refractivity contribution in [3.63, 3.8) is 0 Å². The molecular weight excluding hydrogens is 563 g/mol. The third-order valence-corrected chi connectivity index (χ3v) is 8.87. The summed E-state index contributed by atoms with van der Waals surface area (Å²) in [6.45, 7) is 0.161. The highest BCUT2D eigenvalue weighted by atomic mass is 79.9. The van der Waals surface area contributed by atoms with Crippen molar-refractivity contribution in [3.05, 3.63) is 97.7 Å². The van der Waals surface area contributed by atoms with E-state index < -0.39 is 22.4 Å². The van der Waals surface area contributed by atoms with Crippen LogP contribution < -0.4 is 0 Å². The molecule has 2 aromatic carbocycles. The summed E-state index contributed by atoms with van der Waals surface area (Å²) in [6.07, 6.45) is 1.56. The van der Waals surface area contributed by atoms with Crippen LogP contribution in [0, 0.1) is 0 Å². The van der Waals surface area contributed by atoms with E-state index in [2.05, 4.69) is 20.9 Å². The van der Waals surface area contributed by atoms with Crippen LogP contribution in [0.4, 0.5) is 0 Å². The molecule has 0 radical (unpaired) electrons. The van der Waals surface area contributed by atoms with Crippen LogP contribution >= 0.6 is 49.7 Å². The maximum Gasteiger partial charge on any atom is 0.257 e. The number of hydrogen-bond acceptors (Lipinski definition) is 5. The predicted octanol–water partition coefficient (Wildman–Crippen LogP) is 6.55. The molecule has 3 aromatic rings. The number of benzene rings is 2. The summed E-state index contributed by atoms with van der Waals surface area (Å²) in [5, 5.41) is 1.06.